The van der Waals surface area contributed by atoms with Crippen LogP contribution in [0.25, 0.3) is 0 Å². The van der Waals surface area contributed by atoms with Crippen LogP contribution in [0.2, 0.25) is 0 Å². The highest BCUT2D eigenvalue weighted by Crippen LogP contribution is 2.29. The molecule has 0 radical (unpaired) electrons. The van der Waals surface area contributed by atoms with Gasteiger partial charge in [0.25, 0.3) is 10.0 Å². The molecule has 4 nitrogen and oxygen atoms in total. The Morgan fingerprint density at radius 3 is 2.43 bits per heavy atom. The van der Waals surface area contributed by atoms with Gasteiger partial charge in [0.05, 0.1) is 12.8 Å². The van der Waals surface area contributed by atoms with E-state index in [0.717, 1.165) is 11.1 Å². The molecule has 0 aliphatic rings. The lowest BCUT2D eigenvalue weighted by atomic mass is 10.1. The van der Waals surface area contributed by atoms with Crippen LogP contribution in [-0.2, 0) is 10.0 Å². The van der Waals surface area contributed by atoms with Gasteiger partial charge in [0.1, 0.15) is 10.6 Å². The van der Waals surface area contributed by atoms with Crippen molar-refractivity contribution in [3.05, 3.63) is 52.0 Å². The third-order valence-corrected chi connectivity index (χ3v) is 4.92. The summed E-state index contributed by atoms with van der Waals surface area (Å²) in [6.07, 6.45) is 0. The number of rotatable bonds is 4. The molecule has 0 aromatic heterocycles. The molecule has 1 N–H and O–H groups in total. The lowest BCUT2D eigenvalue weighted by molar-refractivity contribution is 0.403. The van der Waals surface area contributed by atoms with Gasteiger partial charge in [-0.05, 0) is 43.7 Å². The number of hydrogen-bond donors (Lipinski definition) is 1. The number of methoxy groups -OCH3 is 1. The van der Waals surface area contributed by atoms with Crippen LogP contribution in [0, 0.1) is 13.8 Å². The summed E-state index contributed by atoms with van der Waals surface area (Å²) in [6.45, 7) is 3.83. The number of benzene rings is 2. The largest absolute Gasteiger partial charge is 0.495 e. The zero-order chi connectivity index (χ0) is 15.6. The monoisotopic (exact) mass is 369 g/mol. The normalized spacial score (nSPS) is 11.2. The van der Waals surface area contributed by atoms with Crippen LogP contribution in [0.4, 0.5) is 5.69 Å². The van der Waals surface area contributed by atoms with Crippen molar-refractivity contribution < 1.29 is 13.2 Å². The maximum Gasteiger partial charge on any atom is 0.265 e. The zero-order valence-corrected chi connectivity index (χ0v) is 14.4. The molecule has 0 aliphatic heterocycles. The molecule has 0 unspecified atom stereocenters. The lowest BCUT2D eigenvalue weighted by Crippen LogP contribution is -2.15. The van der Waals surface area contributed by atoms with Crippen molar-refractivity contribution in [3.8, 4) is 5.75 Å². The van der Waals surface area contributed by atoms with Crippen molar-refractivity contribution in [1.29, 1.82) is 0 Å². The van der Waals surface area contributed by atoms with Gasteiger partial charge in [-0.15, -0.1) is 0 Å². The van der Waals surface area contributed by atoms with Crippen LogP contribution in [0.15, 0.2) is 45.8 Å². The number of ether oxygens (including phenoxy) is 1. The molecular formula is C15H16BrNO3S. The van der Waals surface area contributed by atoms with Crippen LogP contribution in [0.5, 0.6) is 5.75 Å². The Bertz CT molecular complexity index is 772. The van der Waals surface area contributed by atoms with Gasteiger partial charge < -0.3 is 4.74 Å². The van der Waals surface area contributed by atoms with Crippen LogP contribution >= 0.6 is 15.9 Å². The zero-order valence-electron chi connectivity index (χ0n) is 12.0. The summed E-state index contributed by atoms with van der Waals surface area (Å²) in [5.74, 6) is 0.301. The third kappa shape index (κ3) is 3.57. The number of sulfonamides is 1. The Morgan fingerprint density at radius 1 is 1.10 bits per heavy atom. The number of nitrogens with one attached hydrogen (secondary N) is 1. The minimum atomic E-state index is -3.72. The van der Waals surface area contributed by atoms with Crippen molar-refractivity contribution in [2.75, 3.05) is 11.8 Å². The van der Waals surface area contributed by atoms with Crippen molar-refractivity contribution >= 4 is 31.6 Å². The smallest absolute Gasteiger partial charge is 0.265 e. The average molecular weight is 370 g/mol. The molecule has 0 saturated heterocycles. The molecule has 2 aromatic carbocycles. The van der Waals surface area contributed by atoms with E-state index in [2.05, 4.69) is 20.7 Å². The fourth-order valence-corrected chi connectivity index (χ4v) is 3.83. The molecule has 0 spiro atoms. The van der Waals surface area contributed by atoms with Crippen LogP contribution < -0.4 is 9.46 Å². The van der Waals surface area contributed by atoms with E-state index in [9.17, 15) is 8.42 Å². The molecule has 2 aromatic rings. The molecule has 0 fully saturated rings. The van der Waals surface area contributed by atoms with Crippen molar-refractivity contribution in [2.24, 2.45) is 0 Å². The van der Waals surface area contributed by atoms with E-state index >= 15 is 0 Å². The minimum Gasteiger partial charge on any atom is -0.495 e. The SMILES string of the molecule is COc1ccc(Br)cc1S(=O)(=O)Nc1ccc(C)cc1C. The Balaban J connectivity index is 2.45. The Morgan fingerprint density at radius 2 is 1.81 bits per heavy atom. The molecule has 0 heterocycles. The second-order valence-electron chi connectivity index (χ2n) is 4.72. The Hall–Kier alpha value is -1.53. The van der Waals surface area contributed by atoms with Crippen LogP contribution in [0.3, 0.4) is 0 Å². The number of halogens is 1. The first-order chi connectivity index (χ1) is 9.83. The molecule has 0 saturated carbocycles. The molecule has 112 valence electrons. The summed E-state index contributed by atoms with van der Waals surface area (Å²) in [4.78, 5) is 0.0966. The first-order valence-corrected chi connectivity index (χ1v) is 8.55. The predicted octanol–water partition coefficient (Wildman–Crippen LogP) is 3.88. The summed E-state index contributed by atoms with van der Waals surface area (Å²) in [5.41, 5.74) is 2.51. The Kier molecular flexibility index (Phi) is 4.58. The van der Waals surface area contributed by atoms with Gasteiger partial charge in [0, 0.05) is 4.47 Å². The number of hydrogen-bond acceptors (Lipinski definition) is 3. The molecule has 2 rings (SSSR count). The fourth-order valence-electron chi connectivity index (χ4n) is 1.99. The van der Waals surface area contributed by atoms with Gasteiger partial charge in [-0.1, -0.05) is 33.6 Å². The van der Waals surface area contributed by atoms with E-state index < -0.39 is 10.0 Å². The number of aryl methyl sites for hydroxylation is 2. The quantitative estimate of drug-likeness (QED) is 0.889. The summed E-state index contributed by atoms with van der Waals surface area (Å²) < 4.78 is 33.5. The highest BCUT2D eigenvalue weighted by molar-refractivity contribution is 9.10. The molecule has 0 amide bonds. The fraction of sp³-hybridized carbons (Fsp3) is 0.200. The number of anilines is 1. The first-order valence-electron chi connectivity index (χ1n) is 6.27. The van der Waals surface area contributed by atoms with Gasteiger partial charge in [-0.25, -0.2) is 8.42 Å². The first kappa shape index (κ1) is 15.9. The third-order valence-electron chi connectivity index (χ3n) is 3.04. The average Bonchev–Trinajstić information content (AvgIpc) is 2.42. The second-order valence-corrected chi connectivity index (χ2v) is 7.29. The minimum absolute atomic E-state index is 0.0966. The summed E-state index contributed by atoms with van der Waals surface area (Å²) in [6, 6.07) is 10.4. The van der Waals surface area contributed by atoms with Crippen LogP contribution in [0.1, 0.15) is 11.1 Å². The van der Waals surface area contributed by atoms with Gasteiger partial charge in [0.2, 0.25) is 0 Å². The topological polar surface area (TPSA) is 55.4 Å². The van der Waals surface area contributed by atoms with Gasteiger partial charge in [-0.3, -0.25) is 4.72 Å². The van der Waals surface area contributed by atoms with Gasteiger partial charge in [0.15, 0.2) is 0 Å². The molecule has 0 aliphatic carbocycles. The van der Waals surface area contributed by atoms with E-state index in [1.54, 1.807) is 18.2 Å². The maximum absolute atomic E-state index is 12.6. The summed E-state index contributed by atoms with van der Waals surface area (Å²) in [5, 5.41) is 0. The van der Waals surface area contributed by atoms with E-state index in [-0.39, 0.29) is 4.90 Å². The molecule has 0 atom stereocenters. The van der Waals surface area contributed by atoms with Gasteiger partial charge >= 0.3 is 0 Å². The lowest BCUT2D eigenvalue weighted by Gasteiger charge is -2.13. The van der Waals surface area contributed by atoms with E-state index in [4.69, 9.17) is 4.74 Å². The highest BCUT2D eigenvalue weighted by Gasteiger charge is 2.20. The van der Waals surface area contributed by atoms with Crippen molar-refractivity contribution in [1.82, 2.24) is 0 Å². The molecule has 0 bridgehead atoms. The molecular weight excluding hydrogens is 354 g/mol. The maximum atomic E-state index is 12.6. The van der Waals surface area contributed by atoms with Gasteiger partial charge in [-0.2, -0.15) is 0 Å². The summed E-state index contributed by atoms with van der Waals surface area (Å²) >= 11 is 3.28. The highest BCUT2D eigenvalue weighted by atomic mass is 79.9. The molecule has 21 heavy (non-hydrogen) atoms. The second kappa shape index (κ2) is 6.07. The Labute approximate surface area is 133 Å². The van der Waals surface area contributed by atoms with E-state index in [1.165, 1.54) is 13.2 Å². The van der Waals surface area contributed by atoms with Crippen molar-refractivity contribution in [3.63, 3.8) is 0 Å². The standard InChI is InChI=1S/C15H16BrNO3S/c1-10-4-6-13(11(2)8-10)17-21(18,19)15-9-12(16)5-7-14(15)20-3/h4-9,17H,1-3H3. The summed E-state index contributed by atoms with van der Waals surface area (Å²) in [7, 11) is -2.28. The van der Waals surface area contributed by atoms with E-state index in [1.807, 2.05) is 26.0 Å². The van der Waals surface area contributed by atoms with Crippen molar-refractivity contribution in [2.45, 2.75) is 18.7 Å². The van der Waals surface area contributed by atoms with Crippen LogP contribution in [-0.4, -0.2) is 15.5 Å². The molecule has 6 heteroatoms. The predicted molar refractivity (Wildman–Crippen MR) is 87.4 cm³/mol. The van der Waals surface area contributed by atoms with E-state index in [0.29, 0.717) is 15.9 Å².